The molecule has 0 aromatic heterocycles. The second-order valence-corrected chi connectivity index (χ2v) is 6.87. The second kappa shape index (κ2) is 6.31. The summed E-state index contributed by atoms with van der Waals surface area (Å²) in [5.74, 6) is 0. The summed E-state index contributed by atoms with van der Waals surface area (Å²) in [6.07, 6.45) is 3.05. The van der Waals surface area contributed by atoms with Gasteiger partial charge < -0.3 is 14.4 Å². The van der Waals surface area contributed by atoms with Crippen LogP contribution >= 0.6 is 0 Å². The maximum Gasteiger partial charge on any atom is 0.410 e. The van der Waals surface area contributed by atoms with Gasteiger partial charge in [-0.15, -0.1) is 0 Å². The van der Waals surface area contributed by atoms with E-state index < -0.39 is 5.60 Å². The van der Waals surface area contributed by atoms with Crippen LogP contribution in [-0.2, 0) is 9.47 Å². The average molecular weight is 284 g/mol. The number of likely N-dealkylation sites (N-methyl/N-ethyl adjacent to an activating group) is 1. The summed E-state index contributed by atoms with van der Waals surface area (Å²) in [6, 6.07) is 0.897. The monoisotopic (exact) mass is 284 g/mol. The molecule has 2 heterocycles. The number of likely N-dealkylation sites (tertiary alicyclic amines) is 1. The summed E-state index contributed by atoms with van der Waals surface area (Å²) in [6.45, 7) is 9.48. The van der Waals surface area contributed by atoms with Gasteiger partial charge in [-0.05, 0) is 40.0 Å². The Balaban J connectivity index is 1.83. The molecule has 2 fully saturated rings. The molecule has 0 aromatic rings. The highest BCUT2D eigenvalue weighted by Gasteiger charge is 2.34. The van der Waals surface area contributed by atoms with E-state index in [0.29, 0.717) is 6.04 Å². The maximum absolute atomic E-state index is 12.1. The average Bonchev–Trinajstić information content (AvgIpc) is 2.86. The zero-order valence-electron chi connectivity index (χ0n) is 13.2. The molecule has 1 amide bonds. The molecule has 5 nitrogen and oxygen atoms in total. The van der Waals surface area contributed by atoms with Crippen molar-refractivity contribution in [2.45, 2.75) is 57.7 Å². The van der Waals surface area contributed by atoms with Crippen molar-refractivity contribution < 1.29 is 14.3 Å². The van der Waals surface area contributed by atoms with Crippen molar-refractivity contribution in [1.82, 2.24) is 9.80 Å². The fourth-order valence-corrected chi connectivity index (χ4v) is 2.95. The number of carbonyl (C=O) groups excluding carboxylic acids is 1. The minimum Gasteiger partial charge on any atom is -0.444 e. The van der Waals surface area contributed by atoms with E-state index in [4.69, 9.17) is 9.47 Å². The van der Waals surface area contributed by atoms with Crippen LogP contribution in [0, 0.1) is 0 Å². The Morgan fingerprint density at radius 1 is 1.25 bits per heavy atom. The van der Waals surface area contributed by atoms with Crippen LogP contribution in [0.15, 0.2) is 0 Å². The summed E-state index contributed by atoms with van der Waals surface area (Å²) in [7, 11) is 1.85. The molecule has 0 saturated carbocycles. The molecule has 0 spiro atoms. The predicted molar refractivity (Wildman–Crippen MR) is 77.8 cm³/mol. The maximum atomic E-state index is 12.1. The van der Waals surface area contributed by atoms with Crippen molar-refractivity contribution in [3.63, 3.8) is 0 Å². The van der Waals surface area contributed by atoms with Gasteiger partial charge in [0.15, 0.2) is 0 Å². The van der Waals surface area contributed by atoms with E-state index in [1.54, 1.807) is 4.90 Å². The summed E-state index contributed by atoms with van der Waals surface area (Å²) >= 11 is 0. The number of carbonyl (C=O) groups is 1. The molecule has 2 aliphatic heterocycles. The van der Waals surface area contributed by atoms with Crippen LogP contribution in [0.3, 0.4) is 0 Å². The molecule has 0 N–H and O–H groups in total. The smallest absolute Gasteiger partial charge is 0.410 e. The van der Waals surface area contributed by atoms with E-state index >= 15 is 0 Å². The highest BCUT2D eigenvalue weighted by Crippen LogP contribution is 2.23. The third-order valence-corrected chi connectivity index (χ3v) is 4.13. The number of ether oxygens (including phenoxy) is 2. The topological polar surface area (TPSA) is 42.0 Å². The van der Waals surface area contributed by atoms with Gasteiger partial charge in [-0.25, -0.2) is 4.79 Å². The van der Waals surface area contributed by atoms with Crippen LogP contribution in [-0.4, -0.2) is 66.9 Å². The van der Waals surface area contributed by atoms with Gasteiger partial charge in [-0.3, -0.25) is 4.90 Å². The van der Waals surface area contributed by atoms with E-state index in [-0.39, 0.29) is 12.1 Å². The van der Waals surface area contributed by atoms with Gasteiger partial charge in [-0.1, -0.05) is 0 Å². The van der Waals surface area contributed by atoms with E-state index in [2.05, 4.69) is 4.90 Å². The minimum atomic E-state index is -0.426. The van der Waals surface area contributed by atoms with Gasteiger partial charge in [0.2, 0.25) is 0 Å². The molecular weight excluding hydrogens is 256 g/mol. The molecule has 0 unspecified atom stereocenters. The zero-order chi connectivity index (χ0) is 14.8. The Morgan fingerprint density at radius 2 is 1.90 bits per heavy atom. The van der Waals surface area contributed by atoms with Crippen LogP contribution in [0.1, 0.15) is 40.0 Å². The Morgan fingerprint density at radius 3 is 2.50 bits per heavy atom. The number of amides is 1. The van der Waals surface area contributed by atoms with Gasteiger partial charge in [0.1, 0.15) is 5.60 Å². The highest BCUT2D eigenvalue weighted by molar-refractivity contribution is 5.68. The number of hydrogen-bond acceptors (Lipinski definition) is 4. The first-order chi connectivity index (χ1) is 9.37. The standard InChI is InChI=1S/C15H28N2O3/c1-15(2,3)20-14(18)16(4)13-5-8-17(11-13)12-6-9-19-10-7-12/h12-13H,5-11H2,1-4H3/t13-/m1/s1. The number of hydrogen-bond donors (Lipinski definition) is 0. The summed E-state index contributed by atoms with van der Waals surface area (Å²) in [5, 5.41) is 0. The molecule has 116 valence electrons. The lowest BCUT2D eigenvalue weighted by atomic mass is 10.1. The van der Waals surface area contributed by atoms with Gasteiger partial charge in [0.25, 0.3) is 0 Å². The fraction of sp³-hybridized carbons (Fsp3) is 0.933. The van der Waals surface area contributed by atoms with Gasteiger partial charge in [-0.2, -0.15) is 0 Å². The summed E-state index contributed by atoms with van der Waals surface area (Å²) in [4.78, 5) is 16.4. The molecule has 0 radical (unpaired) electrons. The molecule has 0 aromatic carbocycles. The first-order valence-electron chi connectivity index (χ1n) is 7.64. The summed E-state index contributed by atoms with van der Waals surface area (Å²) < 4.78 is 10.9. The number of nitrogens with zero attached hydrogens (tertiary/aromatic N) is 2. The normalized spacial score (nSPS) is 25.7. The van der Waals surface area contributed by atoms with Crippen molar-refractivity contribution in [1.29, 1.82) is 0 Å². The molecule has 5 heteroatoms. The van der Waals surface area contributed by atoms with Crippen molar-refractivity contribution in [3.8, 4) is 0 Å². The zero-order valence-corrected chi connectivity index (χ0v) is 13.2. The number of rotatable bonds is 2. The van der Waals surface area contributed by atoms with Crippen LogP contribution in [0.5, 0.6) is 0 Å². The lowest BCUT2D eigenvalue weighted by Crippen LogP contribution is -2.44. The van der Waals surface area contributed by atoms with E-state index in [9.17, 15) is 4.79 Å². The van der Waals surface area contributed by atoms with E-state index in [1.807, 2.05) is 27.8 Å². The van der Waals surface area contributed by atoms with E-state index in [0.717, 1.165) is 45.6 Å². The molecule has 2 saturated heterocycles. The van der Waals surface area contributed by atoms with Crippen LogP contribution in [0.2, 0.25) is 0 Å². The van der Waals surface area contributed by atoms with Crippen molar-refractivity contribution in [2.75, 3.05) is 33.4 Å². The second-order valence-electron chi connectivity index (χ2n) is 6.87. The van der Waals surface area contributed by atoms with Gasteiger partial charge in [0.05, 0.1) is 0 Å². The molecule has 1 atom stereocenters. The first-order valence-corrected chi connectivity index (χ1v) is 7.64. The molecule has 2 aliphatic rings. The van der Waals surface area contributed by atoms with Crippen LogP contribution in [0.4, 0.5) is 4.79 Å². The van der Waals surface area contributed by atoms with Crippen molar-refractivity contribution >= 4 is 6.09 Å². The highest BCUT2D eigenvalue weighted by atomic mass is 16.6. The molecule has 0 bridgehead atoms. The Kier molecular flexibility index (Phi) is 4.91. The molecular formula is C15H28N2O3. The molecule has 2 rings (SSSR count). The molecule has 20 heavy (non-hydrogen) atoms. The minimum absolute atomic E-state index is 0.212. The Bertz CT molecular complexity index is 335. The van der Waals surface area contributed by atoms with Crippen LogP contribution < -0.4 is 0 Å². The fourth-order valence-electron chi connectivity index (χ4n) is 2.95. The Hall–Kier alpha value is -0.810. The van der Waals surface area contributed by atoms with E-state index in [1.165, 1.54) is 0 Å². The van der Waals surface area contributed by atoms with Gasteiger partial charge >= 0.3 is 6.09 Å². The Labute approximate surface area is 122 Å². The first kappa shape index (κ1) is 15.6. The lowest BCUT2D eigenvalue weighted by molar-refractivity contribution is 0.0194. The largest absolute Gasteiger partial charge is 0.444 e. The SMILES string of the molecule is CN(C(=O)OC(C)(C)C)[C@@H]1CCN(C2CCOCC2)C1. The van der Waals surface area contributed by atoms with Gasteiger partial charge in [0, 0.05) is 45.4 Å². The van der Waals surface area contributed by atoms with Crippen molar-refractivity contribution in [2.24, 2.45) is 0 Å². The third-order valence-electron chi connectivity index (χ3n) is 4.13. The third kappa shape index (κ3) is 4.09. The lowest BCUT2D eigenvalue weighted by Gasteiger charge is -2.32. The summed E-state index contributed by atoms with van der Waals surface area (Å²) in [5.41, 5.74) is -0.426. The quantitative estimate of drug-likeness (QED) is 0.779. The predicted octanol–water partition coefficient (Wildman–Crippen LogP) is 2.11. The van der Waals surface area contributed by atoms with Crippen molar-refractivity contribution in [3.05, 3.63) is 0 Å². The van der Waals surface area contributed by atoms with Crippen LogP contribution in [0.25, 0.3) is 0 Å². The molecule has 0 aliphatic carbocycles.